The van der Waals surface area contributed by atoms with Crippen LogP contribution in [0.25, 0.3) is 0 Å². The van der Waals surface area contributed by atoms with Crippen LogP contribution in [0.2, 0.25) is 0 Å². The molecule has 8 heteroatoms. The lowest BCUT2D eigenvalue weighted by molar-refractivity contribution is -0.176. The van der Waals surface area contributed by atoms with E-state index in [4.69, 9.17) is 0 Å². The molecule has 29 heavy (non-hydrogen) atoms. The lowest BCUT2D eigenvalue weighted by atomic mass is 10.1. The van der Waals surface area contributed by atoms with Gasteiger partial charge in [-0.05, 0) is 28.8 Å². The van der Waals surface area contributed by atoms with Crippen LogP contribution in [0.1, 0.15) is 16.7 Å². The first-order chi connectivity index (χ1) is 13.8. The molecular formula is C21H27F3N4O. The van der Waals surface area contributed by atoms with E-state index in [0.717, 1.165) is 16.8 Å². The Labute approximate surface area is 169 Å². The van der Waals surface area contributed by atoms with Gasteiger partial charge in [0.25, 0.3) is 0 Å². The summed E-state index contributed by atoms with van der Waals surface area (Å²) in [4.78, 5) is 6.26. The van der Waals surface area contributed by atoms with Crippen molar-refractivity contribution in [3.05, 3.63) is 65.2 Å². The lowest BCUT2D eigenvalue weighted by Crippen LogP contribution is -2.36. The fourth-order valence-corrected chi connectivity index (χ4v) is 2.57. The Balaban J connectivity index is 1.79. The molecule has 0 aliphatic rings. The van der Waals surface area contributed by atoms with Crippen LogP contribution in [0.4, 0.5) is 18.9 Å². The van der Waals surface area contributed by atoms with Gasteiger partial charge < -0.3 is 20.3 Å². The Morgan fingerprint density at radius 2 is 1.59 bits per heavy atom. The summed E-state index contributed by atoms with van der Waals surface area (Å²) in [5, 5.41) is 6.49. The standard InChI is InChI=1S/C21H27F3N4O/c1-25-20(27-13-18-5-4-6-19(11-18)28(2)3)26-12-16-7-9-17(10-8-16)14-29-15-21(22,23)24/h4-11H,12-15H2,1-3H3,(H2,25,26,27). The first kappa shape index (κ1) is 22.5. The molecule has 0 spiro atoms. The van der Waals surface area contributed by atoms with Crippen LogP contribution in [-0.2, 0) is 24.4 Å². The maximum atomic E-state index is 12.1. The van der Waals surface area contributed by atoms with Gasteiger partial charge in [0.15, 0.2) is 5.96 Å². The normalized spacial score (nSPS) is 12.0. The molecule has 0 saturated heterocycles. The minimum absolute atomic E-state index is 0.0670. The molecule has 0 atom stereocenters. The molecule has 0 unspecified atom stereocenters. The second-order valence-electron chi connectivity index (χ2n) is 6.77. The second-order valence-corrected chi connectivity index (χ2v) is 6.77. The number of hydrogen-bond acceptors (Lipinski definition) is 3. The van der Waals surface area contributed by atoms with Gasteiger partial charge in [-0.15, -0.1) is 0 Å². The average Bonchev–Trinajstić information content (AvgIpc) is 2.68. The molecule has 2 rings (SSSR count). The number of rotatable bonds is 8. The molecule has 5 nitrogen and oxygen atoms in total. The number of hydrogen-bond donors (Lipinski definition) is 2. The van der Waals surface area contributed by atoms with Crippen LogP contribution < -0.4 is 15.5 Å². The van der Waals surface area contributed by atoms with Crippen LogP contribution in [0.3, 0.4) is 0 Å². The molecule has 2 aromatic rings. The van der Waals surface area contributed by atoms with Gasteiger partial charge in [0.2, 0.25) is 0 Å². The highest BCUT2D eigenvalue weighted by molar-refractivity contribution is 5.79. The maximum Gasteiger partial charge on any atom is 0.411 e. The van der Waals surface area contributed by atoms with E-state index < -0.39 is 12.8 Å². The van der Waals surface area contributed by atoms with Crippen molar-refractivity contribution < 1.29 is 17.9 Å². The Kier molecular flexibility index (Phi) is 8.33. The van der Waals surface area contributed by atoms with Gasteiger partial charge in [0, 0.05) is 39.9 Å². The van der Waals surface area contributed by atoms with Crippen LogP contribution in [-0.4, -0.2) is 39.9 Å². The predicted octanol–water partition coefficient (Wildman–Crippen LogP) is 3.70. The van der Waals surface area contributed by atoms with Gasteiger partial charge in [-0.3, -0.25) is 4.99 Å². The number of benzene rings is 2. The third-order valence-electron chi connectivity index (χ3n) is 4.13. The summed E-state index contributed by atoms with van der Waals surface area (Å²) >= 11 is 0. The van der Waals surface area contributed by atoms with E-state index in [-0.39, 0.29) is 6.61 Å². The zero-order valence-electron chi connectivity index (χ0n) is 16.9. The van der Waals surface area contributed by atoms with Crippen LogP contribution in [0, 0.1) is 0 Å². The monoisotopic (exact) mass is 408 g/mol. The molecule has 0 saturated carbocycles. The Bertz CT molecular complexity index is 789. The smallest absolute Gasteiger partial charge is 0.378 e. The van der Waals surface area contributed by atoms with Gasteiger partial charge in [-0.2, -0.15) is 13.2 Å². The molecule has 0 radical (unpaired) electrons. The third kappa shape index (κ3) is 8.43. The van der Waals surface area contributed by atoms with E-state index in [2.05, 4.69) is 26.4 Å². The van der Waals surface area contributed by atoms with Crippen LogP contribution >= 0.6 is 0 Å². The molecule has 0 amide bonds. The maximum absolute atomic E-state index is 12.1. The van der Waals surface area contributed by atoms with E-state index in [1.165, 1.54) is 0 Å². The molecule has 2 aromatic carbocycles. The molecule has 158 valence electrons. The van der Waals surface area contributed by atoms with E-state index in [9.17, 15) is 13.2 Å². The van der Waals surface area contributed by atoms with E-state index in [1.54, 1.807) is 19.2 Å². The van der Waals surface area contributed by atoms with Crippen molar-refractivity contribution in [3.63, 3.8) is 0 Å². The number of nitrogens with zero attached hydrogens (tertiary/aromatic N) is 2. The molecule has 0 aromatic heterocycles. The predicted molar refractivity (Wildman–Crippen MR) is 110 cm³/mol. The van der Waals surface area contributed by atoms with Crippen molar-refractivity contribution in [3.8, 4) is 0 Å². The van der Waals surface area contributed by atoms with E-state index >= 15 is 0 Å². The molecule has 0 fully saturated rings. The van der Waals surface area contributed by atoms with Crippen LogP contribution in [0.5, 0.6) is 0 Å². The first-order valence-corrected chi connectivity index (χ1v) is 9.20. The summed E-state index contributed by atoms with van der Waals surface area (Å²) in [6.45, 7) is -0.129. The van der Waals surface area contributed by atoms with Crippen molar-refractivity contribution >= 4 is 11.6 Å². The Morgan fingerprint density at radius 1 is 0.966 bits per heavy atom. The molecular weight excluding hydrogens is 381 g/mol. The number of guanidine groups is 1. The summed E-state index contributed by atoms with van der Waals surface area (Å²) in [5.41, 5.74) is 3.96. The zero-order valence-corrected chi connectivity index (χ0v) is 16.9. The molecule has 0 bridgehead atoms. The van der Waals surface area contributed by atoms with Crippen molar-refractivity contribution in [2.45, 2.75) is 25.9 Å². The highest BCUT2D eigenvalue weighted by atomic mass is 19.4. The van der Waals surface area contributed by atoms with E-state index in [1.807, 2.05) is 49.3 Å². The van der Waals surface area contributed by atoms with Crippen molar-refractivity contribution in [2.75, 3.05) is 32.6 Å². The Morgan fingerprint density at radius 3 is 2.17 bits per heavy atom. The van der Waals surface area contributed by atoms with Crippen LogP contribution in [0.15, 0.2) is 53.5 Å². The number of ether oxygens (including phenoxy) is 1. The highest BCUT2D eigenvalue weighted by Crippen LogP contribution is 2.16. The number of anilines is 1. The van der Waals surface area contributed by atoms with Crippen molar-refractivity contribution in [1.82, 2.24) is 10.6 Å². The van der Waals surface area contributed by atoms with Gasteiger partial charge in [-0.25, -0.2) is 0 Å². The van der Waals surface area contributed by atoms with Crippen molar-refractivity contribution in [2.24, 2.45) is 4.99 Å². The summed E-state index contributed by atoms with van der Waals surface area (Å²) in [7, 11) is 5.70. The average molecular weight is 408 g/mol. The summed E-state index contributed by atoms with van der Waals surface area (Å²) in [5.74, 6) is 0.665. The fourth-order valence-electron chi connectivity index (χ4n) is 2.57. The quantitative estimate of drug-likeness (QED) is 0.517. The Hall–Kier alpha value is -2.74. The topological polar surface area (TPSA) is 48.9 Å². The summed E-state index contributed by atoms with van der Waals surface area (Å²) in [6.07, 6.45) is -4.31. The molecule has 0 aliphatic carbocycles. The molecule has 2 N–H and O–H groups in total. The zero-order chi connectivity index (χ0) is 21.3. The molecule has 0 aliphatic heterocycles. The van der Waals surface area contributed by atoms with Gasteiger partial charge in [0.05, 0.1) is 6.61 Å². The fraction of sp³-hybridized carbons (Fsp3) is 0.381. The summed E-state index contributed by atoms with van der Waals surface area (Å²) in [6, 6.07) is 15.5. The number of nitrogens with one attached hydrogen (secondary N) is 2. The number of halogens is 3. The number of alkyl halides is 3. The lowest BCUT2D eigenvalue weighted by Gasteiger charge is -2.15. The molecule has 0 heterocycles. The third-order valence-corrected chi connectivity index (χ3v) is 4.13. The minimum atomic E-state index is -4.31. The SMILES string of the molecule is CN=C(NCc1ccc(COCC(F)(F)F)cc1)NCc1cccc(N(C)C)c1. The summed E-state index contributed by atoms with van der Waals surface area (Å²) < 4.78 is 41.0. The van der Waals surface area contributed by atoms with Gasteiger partial charge >= 0.3 is 6.18 Å². The van der Waals surface area contributed by atoms with Gasteiger partial charge in [0.1, 0.15) is 6.61 Å². The minimum Gasteiger partial charge on any atom is -0.378 e. The van der Waals surface area contributed by atoms with Gasteiger partial charge in [-0.1, -0.05) is 36.4 Å². The highest BCUT2D eigenvalue weighted by Gasteiger charge is 2.27. The second kappa shape index (κ2) is 10.7. The van der Waals surface area contributed by atoms with Crippen molar-refractivity contribution in [1.29, 1.82) is 0 Å². The first-order valence-electron chi connectivity index (χ1n) is 9.20. The largest absolute Gasteiger partial charge is 0.411 e. The number of aliphatic imine (C=N–C) groups is 1. The van der Waals surface area contributed by atoms with E-state index in [0.29, 0.717) is 24.6 Å².